The molecule has 0 aliphatic rings. The maximum atomic E-state index is 11.9. The first kappa shape index (κ1) is 12.8. The first-order valence-corrected chi connectivity index (χ1v) is 7.28. The van der Waals surface area contributed by atoms with Crippen molar-refractivity contribution in [3.05, 3.63) is 36.6 Å². The molecule has 0 atom stereocenters. The minimum absolute atomic E-state index is 0.179. The van der Waals surface area contributed by atoms with E-state index in [4.69, 9.17) is 5.73 Å². The van der Waals surface area contributed by atoms with Crippen molar-refractivity contribution in [2.45, 2.75) is 0 Å². The van der Waals surface area contributed by atoms with Crippen LogP contribution in [0, 0.1) is 2.88 Å². The lowest BCUT2D eigenvalue weighted by Crippen LogP contribution is -2.12. The number of pyridine rings is 1. The van der Waals surface area contributed by atoms with Gasteiger partial charge >= 0.3 is 0 Å². The smallest absolute Gasteiger partial charge is 0.257 e. The monoisotopic (exact) mass is 423 g/mol. The summed E-state index contributed by atoms with van der Waals surface area (Å²) in [7, 11) is 0. The molecule has 7 heteroatoms. The Morgan fingerprint density at radius 1 is 1.53 bits per heavy atom. The fourth-order valence-electron chi connectivity index (χ4n) is 1.15. The van der Waals surface area contributed by atoms with E-state index in [0.29, 0.717) is 21.5 Å². The van der Waals surface area contributed by atoms with Gasteiger partial charge in [0.05, 0.1) is 24.8 Å². The van der Waals surface area contributed by atoms with Crippen LogP contribution < -0.4 is 11.1 Å². The number of anilines is 2. The molecular formula is C10H7BrIN3OS. The molecule has 2 rings (SSSR count). The summed E-state index contributed by atoms with van der Waals surface area (Å²) < 4.78 is 1.73. The molecule has 0 fully saturated rings. The van der Waals surface area contributed by atoms with Gasteiger partial charge in [0.15, 0.2) is 0 Å². The van der Waals surface area contributed by atoms with Crippen molar-refractivity contribution in [3.8, 4) is 0 Å². The zero-order valence-electron chi connectivity index (χ0n) is 8.41. The largest absolute Gasteiger partial charge is 0.397 e. The van der Waals surface area contributed by atoms with Crippen LogP contribution in [-0.2, 0) is 0 Å². The molecule has 0 saturated carbocycles. The number of aromatic nitrogens is 1. The zero-order valence-corrected chi connectivity index (χ0v) is 13.0. The highest BCUT2D eigenvalue weighted by molar-refractivity contribution is 14.1. The third kappa shape index (κ3) is 3.17. The van der Waals surface area contributed by atoms with Crippen molar-refractivity contribution in [3.63, 3.8) is 0 Å². The summed E-state index contributed by atoms with van der Waals surface area (Å²) in [5.41, 5.74) is 6.74. The summed E-state index contributed by atoms with van der Waals surface area (Å²) >= 11 is 6.99. The molecule has 1 amide bonds. The number of carbonyl (C=O) groups excluding carboxylic acids is 1. The van der Waals surface area contributed by atoms with E-state index < -0.39 is 0 Å². The molecular weight excluding hydrogens is 417 g/mol. The highest BCUT2D eigenvalue weighted by Crippen LogP contribution is 2.23. The number of halogens is 2. The number of thiophene rings is 1. The molecule has 88 valence electrons. The Labute approximate surface area is 124 Å². The Kier molecular flexibility index (Phi) is 4.00. The number of amides is 1. The molecule has 17 heavy (non-hydrogen) atoms. The van der Waals surface area contributed by atoms with E-state index in [0.717, 1.165) is 2.88 Å². The molecule has 2 heterocycles. The van der Waals surface area contributed by atoms with Crippen LogP contribution in [0.25, 0.3) is 0 Å². The molecule has 2 aromatic heterocycles. The van der Waals surface area contributed by atoms with Crippen LogP contribution >= 0.6 is 49.9 Å². The maximum Gasteiger partial charge on any atom is 0.257 e. The molecule has 0 spiro atoms. The third-order valence-corrected chi connectivity index (χ3v) is 4.32. The van der Waals surface area contributed by atoms with Crippen LogP contribution in [0.2, 0.25) is 0 Å². The number of nitrogen functional groups attached to an aromatic ring is 1. The lowest BCUT2D eigenvalue weighted by atomic mass is 10.3. The van der Waals surface area contributed by atoms with E-state index >= 15 is 0 Å². The van der Waals surface area contributed by atoms with Gasteiger partial charge in [-0.3, -0.25) is 4.79 Å². The number of nitrogens with zero attached hydrogens (tertiary/aromatic N) is 1. The van der Waals surface area contributed by atoms with Gasteiger partial charge in [0.25, 0.3) is 5.91 Å². The highest BCUT2D eigenvalue weighted by atomic mass is 127. The number of nitrogens with one attached hydrogen (secondary N) is 1. The van der Waals surface area contributed by atoms with Crippen molar-refractivity contribution in [2.24, 2.45) is 0 Å². The van der Waals surface area contributed by atoms with Crippen molar-refractivity contribution >= 4 is 67.3 Å². The van der Waals surface area contributed by atoms with Crippen LogP contribution in [0.15, 0.2) is 28.2 Å². The van der Waals surface area contributed by atoms with Crippen LogP contribution in [0.4, 0.5) is 11.5 Å². The van der Waals surface area contributed by atoms with Gasteiger partial charge < -0.3 is 11.1 Å². The molecule has 0 bridgehead atoms. The van der Waals surface area contributed by atoms with Gasteiger partial charge in [0.1, 0.15) is 5.82 Å². The molecule has 0 saturated heterocycles. The standard InChI is InChI=1S/C10H7BrIN3OS/c11-7-2-6(13)3-14-9(7)15-10(16)5-1-8(12)17-4-5/h1-4H,13H2,(H,14,15,16). The normalized spacial score (nSPS) is 10.2. The van der Waals surface area contributed by atoms with Gasteiger partial charge in [-0.1, -0.05) is 0 Å². The van der Waals surface area contributed by atoms with Crippen molar-refractivity contribution in [1.29, 1.82) is 0 Å². The Bertz CT molecular complexity index is 572. The minimum atomic E-state index is -0.179. The van der Waals surface area contributed by atoms with Gasteiger partial charge in [-0.25, -0.2) is 4.98 Å². The fourth-order valence-corrected chi connectivity index (χ4v) is 2.95. The van der Waals surface area contributed by atoms with E-state index in [1.807, 2.05) is 11.4 Å². The molecule has 0 aliphatic carbocycles. The molecule has 0 radical (unpaired) electrons. The Balaban J connectivity index is 2.18. The fraction of sp³-hybridized carbons (Fsp3) is 0. The maximum absolute atomic E-state index is 11.9. The Morgan fingerprint density at radius 3 is 2.88 bits per heavy atom. The van der Waals surface area contributed by atoms with Crippen LogP contribution in [0.5, 0.6) is 0 Å². The van der Waals surface area contributed by atoms with E-state index in [2.05, 4.69) is 48.8 Å². The van der Waals surface area contributed by atoms with Crippen LogP contribution in [0.1, 0.15) is 10.4 Å². The van der Waals surface area contributed by atoms with E-state index in [9.17, 15) is 4.79 Å². The van der Waals surface area contributed by atoms with Gasteiger partial charge in [0.2, 0.25) is 0 Å². The Morgan fingerprint density at radius 2 is 2.29 bits per heavy atom. The number of hydrogen-bond donors (Lipinski definition) is 2. The Hall–Kier alpha value is -0.670. The predicted octanol–water partition coefficient (Wildman–Crippen LogP) is 3.34. The number of hydrogen-bond acceptors (Lipinski definition) is 4. The third-order valence-electron chi connectivity index (χ3n) is 1.92. The van der Waals surface area contributed by atoms with Crippen LogP contribution in [0.3, 0.4) is 0 Å². The summed E-state index contributed by atoms with van der Waals surface area (Å²) in [5, 5.41) is 4.53. The van der Waals surface area contributed by atoms with Crippen molar-refractivity contribution in [1.82, 2.24) is 4.98 Å². The van der Waals surface area contributed by atoms with Gasteiger partial charge in [-0.15, -0.1) is 11.3 Å². The molecule has 2 aromatic rings. The summed E-state index contributed by atoms with van der Waals surface area (Å²) in [5.74, 6) is 0.285. The van der Waals surface area contributed by atoms with Gasteiger partial charge in [-0.05, 0) is 50.7 Å². The summed E-state index contributed by atoms with van der Waals surface area (Å²) in [6.45, 7) is 0. The van der Waals surface area contributed by atoms with Crippen molar-refractivity contribution in [2.75, 3.05) is 11.1 Å². The summed E-state index contributed by atoms with van der Waals surface area (Å²) in [6, 6.07) is 3.52. The average Bonchev–Trinajstić information content (AvgIpc) is 2.69. The quantitative estimate of drug-likeness (QED) is 0.728. The van der Waals surface area contributed by atoms with Gasteiger partial charge in [-0.2, -0.15) is 0 Å². The SMILES string of the molecule is Nc1cnc(NC(=O)c2csc(I)c2)c(Br)c1. The summed E-state index contributed by atoms with van der Waals surface area (Å²) in [4.78, 5) is 15.9. The van der Waals surface area contributed by atoms with E-state index in [1.165, 1.54) is 17.5 Å². The van der Waals surface area contributed by atoms with Crippen LogP contribution in [-0.4, -0.2) is 10.9 Å². The average molecular weight is 424 g/mol. The lowest BCUT2D eigenvalue weighted by Gasteiger charge is -2.05. The van der Waals surface area contributed by atoms with Gasteiger partial charge in [0, 0.05) is 5.38 Å². The topological polar surface area (TPSA) is 68.0 Å². The van der Waals surface area contributed by atoms with Crippen molar-refractivity contribution < 1.29 is 4.79 Å². The molecule has 3 N–H and O–H groups in total. The predicted molar refractivity (Wildman–Crippen MR) is 81.3 cm³/mol. The van der Waals surface area contributed by atoms with E-state index in [1.54, 1.807) is 6.07 Å². The number of carbonyl (C=O) groups is 1. The summed E-state index contributed by atoms with van der Waals surface area (Å²) in [6.07, 6.45) is 1.50. The first-order valence-electron chi connectivity index (χ1n) is 4.52. The molecule has 4 nitrogen and oxygen atoms in total. The molecule has 0 aliphatic heterocycles. The number of rotatable bonds is 2. The second-order valence-electron chi connectivity index (χ2n) is 3.19. The second-order valence-corrected chi connectivity index (χ2v) is 6.85. The number of nitrogens with two attached hydrogens (primary N) is 1. The second kappa shape index (κ2) is 5.32. The van der Waals surface area contributed by atoms with E-state index in [-0.39, 0.29) is 5.91 Å². The molecule has 0 unspecified atom stereocenters. The minimum Gasteiger partial charge on any atom is -0.397 e. The molecule has 0 aromatic carbocycles. The first-order chi connectivity index (χ1) is 8.06. The lowest BCUT2D eigenvalue weighted by molar-refractivity contribution is 0.102. The zero-order chi connectivity index (χ0) is 12.4. The highest BCUT2D eigenvalue weighted by Gasteiger charge is 2.11.